The molecule has 23 heavy (non-hydrogen) atoms. The highest BCUT2D eigenvalue weighted by molar-refractivity contribution is 7.09. The molecule has 1 aliphatic heterocycles. The number of carbonyl (C=O) groups excluding carboxylic acids is 1. The lowest BCUT2D eigenvalue weighted by Crippen LogP contribution is -2.48. The maximum Gasteiger partial charge on any atom is 0.226 e. The molecule has 0 radical (unpaired) electrons. The van der Waals surface area contributed by atoms with Gasteiger partial charge in [-0.25, -0.2) is 4.98 Å². The van der Waals surface area contributed by atoms with Gasteiger partial charge < -0.3 is 10.6 Å². The van der Waals surface area contributed by atoms with Gasteiger partial charge in [0.1, 0.15) is 0 Å². The summed E-state index contributed by atoms with van der Waals surface area (Å²) in [6, 6.07) is 10.6. The predicted molar refractivity (Wildman–Crippen MR) is 93.6 cm³/mol. The van der Waals surface area contributed by atoms with Gasteiger partial charge in [-0.2, -0.15) is 0 Å². The van der Waals surface area contributed by atoms with Gasteiger partial charge in [0, 0.05) is 17.8 Å². The fourth-order valence-electron chi connectivity index (χ4n) is 2.93. The van der Waals surface area contributed by atoms with Crippen molar-refractivity contribution in [3.05, 3.63) is 52.0 Å². The van der Waals surface area contributed by atoms with Crippen molar-refractivity contribution in [1.29, 1.82) is 0 Å². The Morgan fingerprint density at radius 2 is 2.22 bits per heavy atom. The average Bonchev–Trinajstić information content (AvgIpc) is 2.97. The molecule has 1 aliphatic rings. The third-order valence-electron chi connectivity index (χ3n) is 4.27. The lowest BCUT2D eigenvalue weighted by molar-refractivity contribution is -0.121. The van der Waals surface area contributed by atoms with Gasteiger partial charge in [-0.1, -0.05) is 37.3 Å². The van der Waals surface area contributed by atoms with Crippen LogP contribution in [0.3, 0.4) is 0 Å². The minimum atomic E-state index is 0.0836. The molecule has 2 heterocycles. The van der Waals surface area contributed by atoms with E-state index < -0.39 is 0 Å². The van der Waals surface area contributed by atoms with Crippen molar-refractivity contribution in [2.24, 2.45) is 5.92 Å². The molecule has 5 heteroatoms. The van der Waals surface area contributed by atoms with Crippen LogP contribution in [-0.4, -0.2) is 30.0 Å². The molecule has 2 N–H and O–H groups in total. The molecule has 0 saturated carbocycles. The topological polar surface area (TPSA) is 54.0 Å². The number of hydrogen-bond donors (Lipinski definition) is 2. The monoisotopic (exact) mass is 329 g/mol. The number of benzene rings is 1. The number of nitrogens with one attached hydrogen (secondary N) is 2. The minimum Gasteiger partial charge on any atom is -0.353 e. The van der Waals surface area contributed by atoms with Crippen LogP contribution in [0.1, 0.15) is 29.6 Å². The molecule has 2 atom stereocenters. The maximum atomic E-state index is 12.2. The molecule has 3 rings (SSSR count). The van der Waals surface area contributed by atoms with Gasteiger partial charge in [0.25, 0.3) is 0 Å². The van der Waals surface area contributed by atoms with Crippen LogP contribution in [0.25, 0.3) is 0 Å². The van der Waals surface area contributed by atoms with Gasteiger partial charge in [-0.05, 0) is 31.0 Å². The molecule has 1 fully saturated rings. The highest BCUT2D eigenvalue weighted by Gasteiger charge is 2.22. The van der Waals surface area contributed by atoms with Crippen molar-refractivity contribution in [3.63, 3.8) is 0 Å². The molecular formula is C18H23N3OS. The van der Waals surface area contributed by atoms with Crippen molar-refractivity contribution in [1.82, 2.24) is 15.6 Å². The van der Waals surface area contributed by atoms with Gasteiger partial charge in [0.15, 0.2) is 0 Å². The van der Waals surface area contributed by atoms with E-state index in [0.29, 0.717) is 12.3 Å². The molecule has 122 valence electrons. The van der Waals surface area contributed by atoms with Gasteiger partial charge in [-0.3, -0.25) is 4.79 Å². The number of nitrogens with zero attached hydrogens (tertiary/aromatic N) is 1. The summed E-state index contributed by atoms with van der Waals surface area (Å²) in [5, 5.41) is 9.58. The van der Waals surface area contributed by atoms with Crippen molar-refractivity contribution < 1.29 is 4.79 Å². The molecule has 1 saturated heterocycles. The third kappa shape index (κ3) is 4.62. The number of carbonyl (C=O) groups is 1. The first-order valence-electron chi connectivity index (χ1n) is 8.18. The molecule has 1 aromatic heterocycles. The Bertz CT molecular complexity index is 641. The summed E-state index contributed by atoms with van der Waals surface area (Å²) >= 11 is 1.63. The van der Waals surface area contributed by atoms with Crippen molar-refractivity contribution in [2.45, 2.75) is 32.2 Å². The Kier molecular flexibility index (Phi) is 5.41. The molecule has 4 nitrogen and oxygen atoms in total. The van der Waals surface area contributed by atoms with Gasteiger partial charge >= 0.3 is 0 Å². The number of amides is 1. The summed E-state index contributed by atoms with van der Waals surface area (Å²) in [6.07, 6.45) is 2.21. The van der Waals surface area contributed by atoms with Crippen LogP contribution in [0.4, 0.5) is 0 Å². The Hall–Kier alpha value is -1.72. The Labute approximate surface area is 141 Å². The molecule has 0 bridgehead atoms. The summed E-state index contributed by atoms with van der Waals surface area (Å²) in [4.78, 5) is 16.8. The lowest BCUT2D eigenvalue weighted by atomic mass is 9.95. The average molecular weight is 329 g/mol. The third-order valence-corrected chi connectivity index (χ3v) is 5.17. The van der Waals surface area contributed by atoms with E-state index >= 15 is 0 Å². The Balaban J connectivity index is 1.53. The molecule has 0 spiro atoms. The summed E-state index contributed by atoms with van der Waals surface area (Å²) < 4.78 is 0. The van der Waals surface area contributed by atoms with Crippen LogP contribution < -0.4 is 10.6 Å². The standard InChI is InChI=1S/C18H23N3OS/c1-13-11-19-8-7-16(13)21-17(22)10-15-12-23-18(20-15)9-14-5-3-2-4-6-14/h2-6,12-13,16,19H,7-11H2,1H3,(H,21,22). The molecule has 0 aliphatic carbocycles. The van der Waals surface area contributed by atoms with Crippen molar-refractivity contribution in [3.8, 4) is 0 Å². The molecule has 1 amide bonds. The van der Waals surface area contributed by atoms with E-state index in [2.05, 4.69) is 34.7 Å². The Morgan fingerprint density at radius 3 is 3.00 bits per heavy atom. The number of thiazole rings is 1. The fraction of sp³-hybridized carbons (Fsp3) is 0.444. The highest BCUT2D eigenvalue weighted by atomic mass is 32.1. The smallest absolute Gasteiger partial charge is 0.226 e. The van der Waals surface area contributed by atoms with Crippen LogP contribution in [0, 0.1) is 5.92 Å². The van der Waals surface area contributed by atoms with Gasteiger partial charge in [-0.15, -0.1) is 11.3 Å². The predicted octanol–water partition coefficient (Wildman–Crippen LogP) is 2.39. The van der Waals surface area contributed by atoms with E-state index in [1.165, 1.54) is 5.56 Å². The molecule has 2 aromatic rings. The molecule has 2 unspecified atom stereocenters. The highest BCUT2D eigenvalue weighted by Crippen LogP contribution is 2.16. The largest absolute Gasteiger partial charge is 0.353 e. The molecular weight excluding hydrogens is 306 g/mol. The second-order valence-corrected chi connectivity index (χ2v) is 7.16. The van der Waals surface area contributed by atoms with Crippen molar-refractivity contribution in [2.75, 3.05) is 13.1 Å². The molecule has 1 aromatic carbocycles. The minimum absolute atomic E-state index is 0.0836. The summed E-state index contributed by atoms with van der Waals surface area (Å²) in [7, 11) is 0. The van der Waals surface area contributed by atoms with E-state index in [9.17, 15) is 4.79 Å². The first kappa shape index (κ1) is 16.1. The number of aromatic nitrogens is 1. The van der Waals surface area contributed by atoms with E-state index in [1.54, 1.807) is 11.3 Å². The fourth-order valence-corrected chi connectivity index (χ4v) is 3.76. The van der Waals surface area contributed by atoms with E-state index in [0.717, 1.165) is 36.6 Å². The zero-order chi connectivity index (χ0) is 16.1. The normalized spacial score (nSPS) is 21.1. The maximum absolute atomic E-state index is 12.2. The SMILES string of the molecule is CC1CNCCC1NC(=O)Cc1csc(Cc2ccccc2)n1. The van der Waals surface area contributed by atoms with E-state index in [4.69, 9.17) is 0 Å². The zero-order valence-corrected chi connectivity index (χ0v) is 14.2. The number of rotatable bonds is 5. The van der Waals surface area contributed by atoms with E-state index in [-0.39, 0.29) is 11.9 Å². The van der Waals surface area contributed by atoms with Gasteiger partial charge in [0.2, 0.25) is 5.91 Å². The first-order chi connectivity index (χ1) is 11.2. The number of hydrogen-bond acceptors (Lipinski definition) is 4. The van der Waals surface area contributed by atoms with Crippen LogP contribution in [-0.2, 0) is 17.6 Å². The van der Waals surface area contributed by atoms with Crippen LogP contribution in [0.2, 0.25) is 0 Å². The second-order valence-electron chi connectivity index (χ2n) is 6.22. The van der Waals surface area contributed by atoms with Crippen LogP contribution in [0.15, 0.2) is 35.7 Å². The zero-order valence-electron chi connectivity index (χ0n) is 13.4. The second kappa shape index (κ2) is 7.70. The first-order valence-corrected chi connectivity index (χ1v) is 9.06. The quantitative estimate of drug-likeness (QED) is 0.885. The summed E-state index contributed by atoms with van der Waals surface area (Å²) in [6.45, 7) is 4.13. The summed E-state index contributed by atoms with van der Waals surface area (Å²) in [5.74, 6) is 0.567. The lowest BCUT2D eigenvalue weighted by Gasteiger charge is -2.30. The van der Waals surface area contributed by atoms with Crippen LogP contribution >= 0.6 is 11.3 Å². The van der Waals surface area contributed by atoms with E-state index in [1.807, 2.05) is 23.6 Å². The van der Waals surface area contributed by atoms with Crippen molar-refractivity contribution >= 4 is 17.2 Å². The summed E-state index contributed by atoms with van der Waals surface area (Å²) in [5.41, 5.74) is 2.13. The Morgan fingerprint density at radius 1 is 1.39 bits per heavy atom. The number of piperidine rings is 1. The van der Waals surface area contributed by atoms with Crippen LogP contribution in [0.5, 0.6) is 0 Å². The van der Waals surface area contributed by atoms with Gasteiger partial charge in [0.05, 0.1) is 17.1 Å².